The molecule has 154 valence electrons. The van der Waals surface area contributed by atoms with Gasteiger partial charge in [-0.15, -0.1) is 0 Å². The van der Waals surface area contributed by atoms with Crippen molar-refractivity contribution in [2.75, 3.05) is 26.2 Å². The van der Waals surface area contributed by atoms with E-state index in [9.17, 15) is 9.59 Å². The maximum absolute atomic E-state index is 13.2. The van der Waals surface area contributed by atoms with Crippen molar-refractivity contribution in [2.24, 2.45) is 5.41 Å². The van der Waals surface area contributed by atoms with Crippen LogP contribution in [0.2, 0.25) is 0 Å². The smallest absolute Gasteiger partial charge is 0.258 e. The van der Waals surface area contributed by atoms with Gasteiger partial charge in [-0.3, -0.25) is 18.9 Å². The van der Waals surface area contributed by atoms with E-state index in [1.165, 1.54) is 5.56 Å². The molecule has 2 fully saturated rings. The second-order valence-electron chi connectivity index (χ2n) is 8.53. The van der Waals surface area contributed by atoms with Crippen molar-refractivity contribution in [1.82, 2.24) is 19.2 Å². The summed E-state index contributed by atoms with van der Waals surface area (Å²) in [6.07, 6.45) is 4.45. The van der Waals surface area contributed by atoms with E-state index in [1.807, 2.05) is 41.3 Å². The molecular weight excluding hydrogens is 376 g/mol. The molecule has 1 unspecified atom stereocenters. The molecule has 0 radical (unpaired) electrons. The highest BCUT2D eigenvalue weighted by molar-refractivity contribution is 5.85. The summed E-state index contributed by atoms with van der Waals surface area (Å²) in [6, 6.07) is 17.5. The molecule has 1 spiro atoms. The molecule has 2 aliphatic heterocycles. The number of hydrogen-bond donors (Lipinski definition) is 0. The molecule has 6 nitrogen and oxygen atoms in total. The van der Waals surface area contributed by atoms with Gasteiger partial charge < -0.3 is 4.90 Å². The minimum atomic E-state index is -0.261. The number of likely N-dealkylation sites (tertiary alicyclic amines) is 2. The van der Waals surface area contributed by atoms with E-state index in [2.05, 4.69) is 22.0 Å². The molecule has 1 aromatic carbocycles. The first-order chi connectivity index (χ1) is 14.6. The number of benzene rings is 1. The lowest BCUT2D eigenvalue weighted by Gasteiger charge is -2.23. The maximum atomic E-state index is 13.2. The molecule has 0 bridgehead atoms. The fourth-order valence-electron chi connectivity index (χ4n) is 4.90. The largest absolute Gasteiger partial charge is 0.342 e. The van der Waals surface area contributed by atoms with Crippen molar-refractivity contribution in [3.8, 4) is 0 Å². The molecular formula is C24H26N4O2. The highest BCUT2D eigenvalue weighted by Gasteiger charge is 2.50. The topological polar surface area (TPSA) is 57.9 Å². The summed E-state index contributed by atoms with van der Waals surface area (Å²) in [6.45, 7) is 3.86. The van der Waals surface area contributed by atoms with Crippen molar-refractivity contribution in [2.45, 2.75) is 25.8 Å². The molecule has 30 heavy (non-hydrogen) atoms. The third kappa shape index (κ3) is 3.52. The van der Waals surface area contributed by atoms with Gasteiger partial charge in [-0.25, -0.2) is 4.98 Å². The molecule has 1 atom stereocenters. The summed E-state index contributed by atoms with van der Waals surface area (Å²) in [5, 5.41) is 0. The number of hydrogen-bond acceptors (Lipinski definition) is 4. The molecule has 6 heteroatoms. The van der Waals surface area contributed by atoms with Crippen LogP contribution in [0, 0.1) is 5.41 Å². The van der Waals surface area contributed by atoms with Gasteiger partial charge in [0.1, 0.15) is 5.65 Å². The molecule has 1 amide bonds. The quantitative estimate of drug-likeness (QED) is 0.658. The lowest BCUT2D eigenvalue weighted by atomic mass is 9.85. The van der Waals surface area contributed by atoms with Crippen molar-refractivity contribution in [1.29, 1.82) is 0 Å². The van der Waals surface area contributed by atoms with Crippen molar-refractivity contribution in [3.05, 3.63) is 82.4 Å². The SMILES string of the molecule is O=C1N(CCc2ccccc2)CCC12CCN(Cc1cc(=O)n3ccccc3n1)C2. The zero-order valence-electron chi connectivity index (χ0n) is 17.0. The van der Waals surface area contributed by atoms with E-state index in [0.29, 0.717) is 18.1 Å². The monoisotopic (exact) mass is 402 g/mol. The minimum Gasteiger partial charge on any atom is -0.342 e. The first-order valence-corrected chi connectivity index (χ1v) is 10.7. The fourth-order valence-corrected chi connectivity index (χ4v) is 4.90. The number of amides is 1. The Morgan fingerprint density at radius 2 is 1.77 bits per heavy atom. The molecule has 2 aromatic heterocycles. The van der Waals surface area contributed by atoms with Gasteiger partial charge in [0.25, 0.3) is 5.56 Å². The number of carbonyl (C=O) groups is 1. The maximum Gasteiger partial charge on any atom is 0.258 e. The second kappa shape index (κ2) is 7.69. The Morgan fingerprint density at radius 3 is 2.63 bits per heavy atom. The van der Waals surface area contributed by atoms with Crippen LogP contribution in [0.25, 0.3) is 5.65 Å². The van der Waals surface area contributed by atoms with E-state index in [-0.39, 0.29) is 11.0 Å². The van der Waals surface area contributed by atoms with E-state index in [4.69, 9.17) is 0 Å². The summed E-state index contributed by atoms with van der Waals surface area (Å²) >= 11 is 0. The summed E-state index contributed by atoms with van der Waals surface area (Å²) in [4.78, 5) is 34.5. The Bertz CT molecular complexity index is 1130. The van der Waals surface area contributed by atoms with E-state index < -0.39 is 0 Å². The summed E-state index contributed by atoms with van der Waals surface area (Å²) in [7, 11) is 0. The normalized spacial score (nSPS) is 21.9. The molecule has 3 aromatic rings. The Kier molecular flexibility index (Phi) is 4.87. The number of carbonyl (C=O) groups excluding carboxylic acids is 1. The Balaban J connectivity index is 1.24. The number of nitrogens with zero attached hydrogens (tertiary/aromatic N) is 4. The van der Waals surface area contributed by atoms with Crippen LogP contribution in [0.1, 0.15) is 24.1 Å². The van der Waals surface area contributed by atoms with Crippen molar-refractivity contribution >= 4 is 11.6 Å². The average Bonchev–Trinajstić information content (AvgIpc) is 3.31. The second-order valence-corrected chi connectivity index (χ2v) is 8.53. The Hall–Kier alpha value is -2.99. The van der Waals surface area contributed by atoms with Gasteiger partial charge in [-0.05, 0) is 43.5 Å². The molecule has 0 saturated carbocycles. The van der Waals surface area contributed by atoms with Crippen LogP contribution < -0.4 is 5.56 Å². The van der Waals surface area contributed by atoms with Crippen LogP contribution in [-0.4, -0.2) is 51.3 Å². The average molecular weight is 402 g/mol. The van der Waals surface area contributed by atoms with Gasteiger partial charge in [0.2, 0.25) is 5.91 Å². The van der Waals surface area contributed by atoms with E-state index in [1.54, 1.807) is 16.7 Å². The van der Waals surface area contributed by atoms with Gasteiger partial charge in [0, 0.05) is 38.4 Å². The van der Waals surface area contributed by atoms with Crippen LogP contribution in [0.3, 0.4) is 0 Å². The Labute approximate surface area is 175 Å². The van der Waals surface area contributed by atoms with Gasteiger partial charge in [-0.2, -0.15) is 0 Å². The minimum absolute atomic E-state index is 0.0615. The third-order valence-corrected chi connectivity index (χ3v) is 6.56. The predicted octanol–water partition coefficient (Wildman–Crippen LogP) is 2.36. The highest BCUT2D eigenvalue weighted by Crippen LogP contribution is 2.41. The standard InChI is InChI=1S/C24H26N4O2/c29-22-16-20(25-21-8-4-5-12-28(21)22)17-26-14-10-24(18-26)11-15-27(23(24)30)13-9-19-6-2-1-3-7-19/h1-8,12,16H,9-11,13-15,17-18H2. The molecule has 4 heterocycles. The number of fused-ring (bicyclic) bond motifs is 1. The summed E-state index contributed by atoms with van der Waals surface area (Å²) in [5.41, 5.74) is 2.39. The molecule has 0 N–H and O–H groups in total. The first kappa shape index (κ1) is 19.0. The van der Waals surface area contributed by atoms with Crippen LogP contribution in [0.15, 0.2) is 65.6 Å². The van der Waals surface area contributed by atoms with Crippen LogP contribution in [0.5, 0.6) is 0 Å². The predicted molar refractivity (Wildman–Crippen MR) is 115 cm³/mol. The third-order valence-electron chi connectivity index (χ3n) is 6.56. The molecule has 2 saturated heterocycles. The van der Waals surface area contributed by atoms with Crippen LogP contribution in [-0.2, 0) is 17.8 Å². The van der Waals surface area contributed by atoms with Gasteiger partial charge in [0.05, 0.1) is 11.1 Å². The lowest BCUT2D eigenvalue weighted by Crippen LogP contribution is -2.37. The fraction of sp³-hybridized carbons (Fsp3) is 0.375. The van der Waals surface area contributed by atoms with Crippen molar-refractivity contribution < 1.29 is 4.79 Å². The van der Waals surface area contributed by atoms with Gasteiger partial charge in [-0.1, -0.05) is 36.4 Å². The summed E-state index contributed by atoms with van der Waals surface area (Å²) in [5.74, 6) is 0.299. The molecule has 5 rings (SSSR count). The number of aromatic nitrogens is 2. The van der Waals surface area contributed by atoms with Gasteiger partial charge >= 0.3 is 0 Å². The van der Waals surface area contributed by atoms with E-state index in [0.717, 1.165) is 51.1 Å². The van der Waals surface area contributed by atoms with Crippen LogP contribution in [0.4, 0.5) is 0 Å². The Morgan fingerprint density at radius 1 is 0.967 bits per heavy atom. The number of rotatable bonds is 5. The zero-order valence-corrected chi connectivity index (χ0v) is 17.0. The first-order valence-electron chi connectivity index (χ1n) is 10.7. The van der Waals surface area contributed by atoms with Crippen molar-refractivity contribution in [3.63, 3.8) is 0 Å². The van der Waals surface area contributed by atoms with Crippen LogP contribution >= 0.6 is 0 Å². The molecule has 2 aliphatic rings. The highest BCUT2D eigenvalue weighted by atomic mass is 16.2. The van der Waals surface area contributed by atoms with E-state index >= 15 is 0 Å². The van der Waals surface area contributed by atoms with Gasteiger partial charge in [0.15, 0.2) is 0 Å². The number of pyridine rings is 1. The summed E-state index contributed by atoms with van der Waals surface area (Å²) < 4.78 is 1.56. The zero-order chi connectivity index (χ0) is 20.6. The lowest BCUT2D eigenvalue weighted by molar-refractivity contribution is -0.135. The molecule has 0 aliphatic carbocycles.